The highest BCUT2D eigenvalue weighted by Crippen LogP contribution is 2.09. The summed E-state index contributed by atoms with van der Waals surface area (Å²) in [7, 11) is 0. The Hall–Kier alpha value is -0.570. The first-order valence-electron chi connectivity index (χ1n) is 5.53. The van der Waals surface area contributed by atoms with E-state index in [2.05, 4.69) is 33.0 Å². The van der Waals surface area contributed by atoms with Crippen LogP contribution < -0.4 is 5.32 Å². The number of rotatable bonds is 2. The summed E-state index contributed by atoms with van der Waals surface area (Å²) in [5, 5.41) is 3.42. The molecule has 0 unspecified atom stereocenters. The smallest absolute Gasteiger partial charge is 0.222 e. The molecular weight excluding hydrogens is 176 g/mol. The first kappa shape index (κ1) is 11.5. The molecule has 1 heterocycles. The molecule has 1 rings (SSSR count). The van der Waals surface area contributed by atoms with Crippen molar-refractivity contribution in [3.63, 3.8) is 0 Å². The molecule has 14 heavy (non-hydrogen) atoms. The number of hydrogen-bond donors (Lipinski definition) is 1. The van der Waals surface area contributed by atoms with Gasteiger partial charge in [-0.1, -0.05) is 13.8 Å². The van der Waals surface area contributed by atoms with Gasteiger partial charge in [0.1, 0.15) is 0 Å². The average Bonchev–Trinajstić information content (AvgIpc) is 2.00. The molecule has 2 atom stereocenters. The first-order valence-corrected chi connectivity index (χ1v) is 5.53. The Kier molecular flexibility index (Phi) is 3.93. The maximum absolute atomic E-state index is 11.8. The fourth-order valence-electron chi connectivity index (χ4n) is 2.01. The maximum atomic E-state index is 11.8. The van der Waals surface area contributed by atoms with Gasteiger partial charge in [0.2, 0.25) is 5.91 Å². The van der Waals surface area contributed by atoms with E-state index in [-0.39, 0.29) is 0 Å². The van der Waals surface area contributed by atoms with Gasteiger partial charge in [-0.05, 0) is 19.8 Å². The van der Waals surface area contributed by atoms with Crippen molar-refractivity contribution in [2.24, 2.45) is 5.92 Å². The highest BCUT2D eigenvalue weighted by molar-refractivity contribution is 5.76. The topological polar surface area (TPSA) is 32.3 Å². The zero-order valence-electron chi connectivity index (χ0n) is 9.71. The van der Waals surface area contributed by atoms with Gasteiger partial charge in [-0.2, -0.15) is 0 Å². The zero-order valence-corrected chi connectivity index (χ0v) is 9.71. The monoisotopic (exact) mass is 198 g/mol. The molecule has 3 nitrogen and oxygen atoms in total. The van der Waals surface area contributed by atoms with Crippen molar-refractivity contribution >= 4 is 5.91 Å². The van der Waals surface area contributed by atoms with E-state index in [1.165, 1.54) is 0 Å². The second-order valence-corrected chi connectivity index (χ2v) is 4.87. The minimum Gasteiger partial charge on any atom is -0.340 e. The van der Waals surface area contributed by atoms with Crippen LogP contribution in [-0.4, -0.2) is 36.0 Å². The van der Waals surface area contributed by atoms with E-state index in [1.54, 1.807) is 0 Å². The van der Waals surface area contributed by atoms with E-state index in [0.29, 0.717) is 30.3 Å². The van der Waals surface area contributed by atoms with Gasteiger partial charge in [0.15, 0.2) is 0 Å². The van der Waals surface area contributed by atoms with Crippen molar-refractivity contribution in [1.82, 2.24) is 10.2 Å². The summed E-state index contributed by atoms with van der Waals surface area (Å²) in [6.07, 6.45) is 0.680. The van der Waals surface area contributed by atoms with E-state index in [0.717, 1.165) is 13.1 Å². The van der Waals surface area contributed by atoms with Gasteiger partial charge >= 0.3 is 0 Å². The highest BCUT2D eigenvalue weighted by Gasteiger charge is 2.24. The second-order valence-electron chi connectivity index (χ2n) is 4.87. The number of amides is 1. The van der Waals surface area contributed by atoms with Gasteiger partial charge in [0, 0.05) is 31.6 Å². The first-order chi connectivity index (χ1) is 6.49. The van der Waals surface area contributed by atoms with Crippen LogP contribution in [0.15, 0.2) is 0 Å². The summed E-state index contributed by atoms with van der Waals surface area (Å²) < 4.78 is 0. The fraction of sp³-hybridized carbons (Fsp3) is 0.909. The van der Waals surface area contributed by atoms with Gasteiger partial charge in [-0.3, -0.25) is 4.79 Å². The largest absolute Gasteiger partial charge is 0.340 e. The standard InChI is InChI=1S/C11H22N2O/c1-8(2)5-11(14)13-6-9(3)12-10(4)7-13/h8-10,12H,5-7H2,1-4H3/t9-,10+. The summed E-state index contributed by atoms with van der Waals surface area (Å²) >= 11 is 0. The summed E-state index contributed by atoms with van der Waals surface area (Å²) in [5.74, 6) is 0.767. The number of carbonyl (C=O) groups excluding carboxylic acids is 1. The molecule has 1 amide bonds. The molecule has 0 saturated carbocycles. The van der Waals surface area contributed by atoms with E-state index in [9.17, 15) is 4.79 Å². The molecule has 0 aromatic rings. The molecular formula is C11H22N2O. The summed E-state index contributed by atoms with van der Waals surface area (Å²) in [6.45, 7) is 10.2. The quantitative estimate of drug-likeness (QED) is 0.724. The Labute approximate surface area is 86.9 Å². The van der Waals surface area contributed by atoms with Crippen molar-refractivity contribution in [2.45, 2.75) is 46.2 Å². The lowest BCUT2D eigenvalue weighted by Crippen LogP contribution is -2.55. The lowest BCUT2D eigenvalue weighted by molar-refractivity contribution is -0.133. The molecule has 0 spiro atoms. The maximum Gasteiger partial charge on any atom is 0.222 e. The van der Waals surface area contributed by atoms with Crippen LogP contribution in [0.2, 0.25) is 0 Å². The van der Waals surface area contributed by atoms with Gasteiger partial charge in [0.05, 0.1) is 0 Å². The van der Waals surface area contributed by atoms with E-state index < -0.39 is 0 Å². The van der Waals surface area contributed by atoms with Crippen molar-refractivity contribution in [3.8, 4) is 0 Å². The van der Waals surface area contributed by atoms with Gasteiger partial charge in [-0.15, -0.1) is 0 Å². The third-order valence-electron chi connectivity index (χ3n) is 2.49. The third-order valence-corrected chi connectivity index (χ3v) is 2.49. The molecule has 0 radical (unpaired) electrons. The van der Waals surface area contributed by atoms with Crippen LogP contribution in [0.5, 0.6) is 0 Å². The highest BCUT2D eigenvalue weighted by atomic mass is 16.2. The van der Waals surface area contributed by atoms with Crippen LogP contribution in [0.3, 0.4) is 0 Å². The molecule has 0 bridgehead atoms. The van der Waals surface area contributed by atoms with Gasteiger partial charge < -0.3 is 10.2 Å². The van der Waals surface area contributed by atoms with Gasteiger partial charge in [0.25, 0.3) is 0 Å². The van der Waals surface area contributed by atoms with Crippen LogP contribution in [0.25, 0.3) is 0 Å². The molecule has 0 aliphatic carbocycles. The Morgan fingerprint density at radius 1 is 1.36 bits per heavy atom. The molecule has 0 aromatic carbocycles. The third kappa shape index (κ3) is 3.29. The second kappa shape index (κ2) is 4.78. The Bertz CT molecular complexity index is 193. The molecule has 1 fully saturated rings. The van der Waals surface area contributed by atoms with Crippen LogP contribution >= 0.6 is 0 Å². The van der Waals surface area contributed by atoms with Gasteiger partial charge in [-0.25, -0.2) is 0 Å². The number of nitrogens with one attached hydrogen (secondary N) is 1. The number of piperazine rings is 1. The predicted octanol–water partition coefficient (Wildman–Crippen LogP) is 1.24. The molecule has 1 aliphatic rings. The van der Waals surface area contributed by atoms with Crippen molar-refractivity contribution in [3.05, 3.63) is 0 Å². The Morgan fingerprint density at radius 3 is 2.29 bits per heavy atom. The van der Waals surface area contributed by atoms with Crippen LogP contribution in [-0.2, 0) is 4.79 Å². The molecule has 0 aromatic heterocycles. The average molecular weight is 198 g/mol. The zero-order chi connectivity index (χ0) is 10.7. The predicted molar refractivity (Wildman–Crippen MR) is 58.1 cm³/mol. The van der Waals surface area contributed by atoms with Crippen LogP contribution in [0, 0.1) is 5.92 Å². The number of nitrogens with zero attached hydrogens (tertiary/aromatic N) is 1. The SMILES string of the molecule is CC(C)CC(=O)N1C[C@@H](C)N[C@@H](C)C1. The molecule has 1 saturated heterocycles. The van der Waals surface area contributed by atoms with Crippen molar-refractivity contribution < 1.29 is 4.79 Å². The molecule has 1 N–H and O–H groups in total. The van der Waals surface area contributed by atoms with E-state index in [1.807, 2.05) is 4.90 Å². The van der Waals surface area contributed by atoms with Crippen LogP contribution in [0.1, 0.15) is 34.1 Å². The van der Waals surface area contributed by atoms with E-state index >= 15 is 0 Å². The minimum atomic E-state index is 0.306. The Balaban J connectivity index is 2.46. The summed E-state index contributed by atoms with van der Waals surface area (Å²) in [6, 6.07) is 0.852. The lowest BCUT2D eigenvalue weighted by Gasteiger charge is -2.36. The number of carbonyl (C=O) groups is 1. The van der Waals surface area contributed by atoms with Crippen LogP contribution in [0.4, 0.5) is 0 Å². The fourth-order valence-corrected chi connectivity index (χ4v) is 2.01. The molecule has 3 heteroatoms. The molecule has 82 valence electrons. The summed E-state index contributed by atoms with van der Waals surface area (Å²) in [4.78, 5) is 13.8. The lowest BCUT2D eigenvalue weighted by atomic mass is 10.1. The van der Waals surface area contributed by atoms with Crippen molar-refractivity contribution in [1.29, 1.82) is 0 Å². The van der Waals surface area contributed by atoms with Crippen molar-refractivity contribution in [2.75, 3.05) is 13.1 Å². The minimum absolute atomic E-state index is 0.306. The molecule has 1 aliphatic heterocycles. The number of hydrogen-bond acceptors (Lipinski definition) is 2. The van der Waals surface area contributed by atoms with E-state index in [4.69, 9.17) is 0 Å². The summed E-state index contributed by atoms with van der Waals surface area (Å²) in [5.41, 5.74) is 0. The normalized spacial score (nSPS) is 28.2. The Morgan fingerprint density at radius 2 is 1.86 bits per heavy atom.